The Morgan fingerprint density at radius 1 is 1.06 bits per heavy atom. The fraction of sp³-hybridized carbons (Fsp3) is 0.400. The summed E-state index contributed by atoms with van der Waals surface area (Å²) in [5, 5.41) is 10.1. The highest BCUT2D eigenvalue weighted by molar-refractivity contribution is 7.92. The van der Waals surface area contributed by atoms with Gasteiger partial charge in [-0.1, -0.05) is 25.5 Å². The lowest BCUT2D eigenvalue weighted by Crippen LogP contribution is -2.22. The smallest absolute Gasteiger partial charge is 0.225 e. The third-order valence-electron chi connectivity index (χ3n) is 2.45. The number of unbranched alkanes of at least 4 members (excludes halogenated alkanes) is 1. The number of sulfonamides is 2. The van der Waals surface area contributed by atoms with Crippen LogP contribution in [0.3, 0.4) is 0 Å². The highest BCUT2D eigenvalue weighted by atomic mass is 32.2. The van der Waals surface area contributed by atoms with Crippen molar-refractivity contribution in [2.24, 2.45) is 10.3 Å². The minimum Gasteiger partial charge on any atom is -0.225 e. The number of hydrogen-bond donors (Lipinski definition) is 2. The molecule has 1 aromatic carbocycles. The van der Waals surface area contributed by atoms with Gasteiger partial charge in [-0.25, -0.2) is 27.1 Å². The molecule has 0 aliphatic carbocycles. The predicted molar refractivity (Wildman–Crippen MR) is 67.8 cm³/mol. The topological polar surface area (TPSA) is 120 Å². The number of aryl methyl sites for hydroxylation is 1. The molecule has 102 valence electrons. The van der Waals surface area contributed by atoms with E-state index in [1.54, 1.807) is 6.07 Å². The number of rotatable bonds is 5. The van der Waals surface area contributed by atoms with Gasteiger partial charge in [0.1, 0.15) is 9.79 Å². The van der Waals surface area contributed by atoms with E-state index in [0.29, 0.717) is 12.0 Å². The third-order valence-corrected chi connectivity index (χ3v) is 4.58. The monoisotopic (exact) mass is 292 g/mol. The summed E-state index contributed by atoms with van der Waals surface area (Å²) in [5.41, 5.74) is 0.380. The predicted octanol–water partition coefficient (Wildman–Crippen LogP) is 0.324. The summed E-state index contributed by atoms with van der Waals surface area (Å²) in [6.45, 7) is 1.94. The van der Waals surface area contributed by atoms with Gasteiger partial charge < -0.3 is 0 Å². The van der Waals surface area contributed by atoms with Gasteiger partial charge in [-0.2, -0.15) is 0 Å². The van der Waals surface area contributed by atoms with Gasteiger partial charge in [0.25, 0.3) is 0 Å². The first-order valence-electron chi connectivity index (χ1n) is 5.35. The fourth-order valence-electron chi connectivity index (χ4n) is 1.67. The van der Waals surface area contributed by atoms with Gasteiger partial charge in [0, 0.05) is 0 Å². The van der Waals surface area contributed by atoms with Gasteiger partial charge in [0.2, 0.25) is 20.0 Å². The third kappa shape index (κ3) is 3.52. The van der Waals surface area contributed by atoms with Crippen LogP contribution >= 0.6 is 0 Å². The Bertz CT molecular complexity index is 636. The molecule has 0 saturated carbocycles. The van der Waals surface area contributed by atoms with Gasteiger partial charge in [-0.15, -0.1) is 0 Å². The van der Waals surface area contributed by atoms with Gasteiger partial charge in [-0.3, -0.25) is 0 Å². The van der Waals surface area contributed by atoms with Crippen LogP contribution < -0.4 is 10.3 Å². The van der Waals surface area contributed by atoms with Crippen LogP contribution in [0.2, 0.25) is 0 Å². The first kappa shape index (κ1) is 15.1. The van der Waals surface area contributed by atoms with Crippen molar-refractivity contribution in [1.29, 1.82) is 0 Å². The molecule has 1 rings (SSSR count). The molecule has 0 fully saturated rings. The van der Waals surface area contributed by atoms with Gasteiger partial charge in [0.05, 0.1) is 0 Å². The Hall–Kier alpha value is -0.960. The van der Waals surface area contributed by atoms with Crippen molar-refractivity contribution in [3.63, 3.8) is 0 Å². The molecule has 0 bridgehead atoms. The molecule has 0 saturated heterocycles. The number of hydrogen-bond acceptors (Lipinski definition) is 4. The zero-order chi connectivity index (χ0) is 14.0. The molecular formula is C10H16N2O4S2. The second kappa shape index (κ2) is 5.35. The molecule has 0 heterocycles. The van der Waals surface area contributed by atoms with Crippen molar-refractivity contribution in [3.8, 4) is 0 Å². The van der Waals surface area contributed by atoms with Crippen LogP contribution in [0.1, 0.15) is 25.3 Å². The quantitative estimate of drug-likeness (QED) is 0.812. The molecule has 0 unspecified atom stereocenters. The Kier molecular flexibility index (Phi) is 4.49. The molecule has 0 spiro atoms. The second-order valence-electron chi connectivity index (χ2n) is 3.94. The van der Waals surface area contributed by atoms with E-state index in [0.717, 1.165) is 18.9 Å². The maximum absolute atomic E-state index is 11.5. The van der Waals surface area contributed by atoms with Crippen molar-refractivity contribution in [3.05, 3.63) is 23.8 Å². The largest absolute Gasteiger partial charge is 0.239 e. The maximum atomic E-state index is 11.5. The molecule has 6 nitrogen and oxygen atoms in total. The molecule has 0 atom stereocenters. The van der Waals surface area contributed by atoms with E-state index in [4.69, 9.17) is 10.3 Å². The fourth-order valence-corrected chi connectivity index (χ4v) is 3.91. The maximum Gasteiger partial charge on any atom is 0.239 e. The summed E-state index contributed by atoms with van der Waals surface area (Å²) in [6, 6.07) is 4.15. The standard InChI is InChI=1S/C10H16N2O4S2/c1-2-3-5-8-6-4-7-9(17(11,13)14)10(8)18(12,15)16/h4,6-7H,2-3,5H2,1H3,(H2,11,13,14)(H2,12,15,16). The van der Waals surface area contributed by atoms with Crippen molar-refractivity contribution in [1.82, 2.24) is 0 Å². The Morgan fingerprint density at radius 2 is 1.67 bits per heavy atom. The van der Waals surface area contributed by atoms with E-state index in [9.17, 15) is 16.8 Å². The SMILES string of the molecule is CCCCc1cccc(S(N)(=O)=O)c1S(N)(=O)=O. The van der Waals surface area contributed by atoms with Crippen molar-refractivity contribution in [2.45, 2.75) is 36.0 Å². The van der Waals surface area contributed by atoms with Crippen LogP contribution in [0.5, 0.6) is 0 Å². The average molecular weight is 292 g/mol. The van der Waals surface area contributed by atoms with Crippen LogP contribution in [0.4, 0.5) is 0 Å². The first-order valence-corrected chi connectivity index (χ1v) is 8.44. The highest BCUT2D eigenvalue weighted by Gasteiger charge is 2.24. The highest BCUT2D eigenvalue weighted by Crippen LogP contribution is 2.24. The van der Waals surface area contributed by atoms with Gasteiger partial charge >= 0.3 is 0 Å². The normalized spacial score (nSPS) is 12.6. The molecule has 0 amide bonds. The van der Waals surface area contributed by atoms with E-state index < -0.39 is 24.9 Å². The van der Waals surface area contributed by atoms with E-state index in [1.165, 1.54) is 6.07 Å². The van der Waals surface area contributed by atoms with E-state index in [2.05, 4.69) is 0 Å². The molecule has 8 heteroatoms. The molecule has 4 N–H and O–H groups in total. The second-order valence-corrected chi connectivity index (χ2v) is 6.97. The summed E-state index contributed by atoms with van der Waals surface area (Å²) < 4.78 is 45.9. The van der Waals surface area contributed by atoms with E-state index in [1.807, 2.05) is 6.92 Å². The number of benzene rings is 1. The Morgan fingerprint density at radius 3 is 2.11 bits per heavy atom. The van der Waals surface area contributed by atoms with Crippen LogP contribution in [-0.2, 0) is 26.5 Å². The molecule has 18 heavy (non-hydrogen) atoms. The number of primary sulfonamides is 2. The minimum atomic E-state index is -4.14. The molecular weight excluding hydrogens is 276 g/mol. The summed E-state index contributed by atoms with van der Waals surface area (Å²) >= 11 is 0. The molecule has 0 radical (unpaired) electrons. The van der Waals surface area contributed by atoms with Crippen LogP contribution in [-0.4, -0.2) is 16.8 Å². The summed E-state index contributed by atoms with van der Waals surface area (Å²) in [5.74, 6) is 0. The summed E-state index contributed by atoms with van der Waals surface area (Å²) in [7, 11) is -8.26. The zero-order valence-electron chi connectivity index (χ0n) is 9.96. The summed E-state index contributed by atoms with van der Waals surface area (Å²) in [4.78, 5) is -0.834. The van der Waals surface area contributed by atoms with Gasteiger partial charge in [-0.05, 0) is 24.5 Å². The lowest BCUT2D eigenvalue weighted by Gasteiger charge is -2.11. The first-order chi connectivity index (χ1) is 8.18. The lowest BCUT2D eigenvalue weighted by atomic mass is 10.1. The van der Waals surface area contributed by atoms with Crippen LogP contribution in [0.15, 0.2) is 28.0 Å². The minimum absolute atomic E-state index is 0.380. The Labute approximate surface area is 107 Å². The Balaban J connectivity index is 3.56. The molecule has 0 aliphatic rings. The van der Waals surface area contributed by atoms with Crippen molar-refractivity contribution in [2.75, 3.05) is 0 Å². The lowest BCUT2D eigenvalue weighted by molar-refractivity contribution is 0.582. The van der Waals surface area contributed by atoms with Crippen molar-refractivity contribution < 1.29 is 16.8 Å². The summed E-state index contributed by atoms with van der Waals surface area (Å²) in [6.07, 6.45) is 2.02. The van der Waals surface area contributed by atoms with Crippen molar-refractivity contribution >= 4 is 20.0 Å². The van der Waals surface area contributed by atoms with Crippen LogP contribution in [0.25, 0.3) is 0 Å². The zero-order valence-corrected chi connectivity index (χ0v) is 11.6. The van der Waals surface area contributed by atoms with Gasteiger partial charge in [0.15, 0.2) is 0 Å². The average Bonchev–Trinajstić information content (AvgIpc) is 2.23. The van der Waals surface area contributed by atoms with E-state index in [-0.39, 0.29) is 4.90 Å². The molecule has 0 aliphatic heterocycles. The number of nitrogens with two attached hydrogens (primary N) is 2. The van der Waals surface area contributed by atoms with E-state index >= 15 is 0 Å². The molecule has 1 aromatic rings. The molecule has 0 aromatic heterocycles. The van der Waals surface area contributed by atoms with Crippen LogP contribution in [0, 0.1) is 0 Å².